The molecule has 8 rings (SSSR count). The number of fused-ring (bicyclic) bond motifs is 7. The number of unbranched alkanes of at least 4 members (excludes halogenated alkanes) is 15. The molecule has 9 N–H and O–H groups in total. The van der Waals surface area contributed by atoms with E-state index in [4.69, 9.17) is 35.8 Å². The van der Waals surface area contributed by atoms with E-state index in [1.54, 1.807) is 24.3 Å². The van der Waals surface area contributed by atoms with Gasteiger partial charge in [0.15, 0.2) is 5.43 Å². The van der Waals surface area contributed by atoms with E-state index in [0.29, 0.717) is 116 Å². The summed E-state index contributed by atoms with van der Waals surface area (Å²) >= 11 is 0. The zero-order valence-electron chi connectivity index (χ0n) is 56.3. The second-order valence-corrected chi connectivity index (χ2v) is 28.5. The minimum Gasteiger partial charge on any atom is -0.508 e. The Bertz CT molecular complexity index is 2920. The fourth-order valence-electron chi connectivity index (χ4n) is 17.5. The van der Waals surface area contributed by atoms with Crippen molar-refractivity contribution in [2.45, 2.75) is 239 Å². The second-order valence-electron chi connectivity index (χ2n) is 28.5. The lowest BCUT2D eigenvalue weighted by Gasteiger charge is -2.65. The van der Waals surface area contributed by atoms with Crippen molar-refractivity contribution in [2.24, 2.45) is 63.5 Å². The fraction of sp³-hybridized carbons (Fsp3) is 0.711. The molecule has 5 aliphatic carbocycles. The summed E-state index contributed by atoms with van der Waals surface area (Å²) in [5, 5.41) is 24.3. The van der Waals surface area contributed by atoms with Gasteiger partial charge in [-0.3, -0.25) is 14.4 Å². The molecule has 0 spiro atoms. The summed E-state index contributed by atoms with van der Waals surface area (Å²) in [7, 11) is 0. The SMILES string of the molecule is CCCCCCCCCCCCCCCCN(CCC[C@@H](C)[C@H]1CC[C@H]2C3[C@H](OCCCN)CC4C[C@H](OCCCN)CC[C@]4(C)[C@H]3C[C@H](OCCCN)[C@]12C)C(=O)CCCCCNC(=O)c1ccc(-c2c3ccc(=O)cc-3oc3cc(O)ccc23)c(C(=O)O)c1. The molecule has 2 aromatic rings. The standard InChI is InChI=1S/C76H117N5O10/c1-5-6-7-8-9-10-11-12-13-14-15-16-17-21-42-81(70(84)27-19-18-20-41-80-73(85)54-28-31-59(62(47-54)74(86)87)71-60-32-29-56(82)50-66(60)91-67-51-57(83)30-33-61(67)71)43-22-26-53(2)63-34-35-64-72-65(52-69(76(63,64)4)90-46-25-40-79)75(3)37-36-58(88-44-23-38-77)48-55(75)49-68(72)89-45-24-39-78/h28-33,47,50-51,53,55,58,63-65,68-69,72,82H,5-27,34-46,48-49,52,77-79H2,1-4H3,(H,80,85)(H,86,87)/t53-,55?,58-,63-,64+,65+,68-,69+,72?,75+,76-/m1/s1. The van der Waals surface area contributed by atoms with Gasteiger partial charge in [0.1, 0.15) is 17.1 Å². The summed E-state index contributed by atoms with van der Waals surface area (Å²) in [5.41, 5.74) is 19.8. The molecule has 11 atom stereocenters. The van der Waals surface area contributed by atoms with E-state index in [2.05, 4.69) is 37.9 Å². The predicted octanol–water partition coefficient (Wildman–Crippen LogP) is 15.1. The highest BCUT2D eigenvalue weighted by Gasteiger charge is 2.66. The zero-order chi connectivity index (χ0) is 64.8. The molecule has 4 fully saturated rings. The van der Waals surface area contributed by atoms with Gasteiger partial charge in [0.25, 0.3) is 5.91 Å². The average Bonchev–Trinajstić information content (AvgIpc) is 1.68. The van der Waals surface area contributed by atoms with Crippen LogP contribution in [0.15, 0.2) is 63.8 Å². The molecular weight excluding hydrogens is 1140 g/mol. The van der Waals surface area contributed by atoms with Gasteiger partial charge in [0.05, 0.1) is 23.9 Å². The van der Waals surface area contributed by atoms with Crippen molar-refractivity contribution < 1.29 is 43.2 Å². The Labute approximate surface area is 545 Å². The van der Waals surface area contributed by atoms with Gasteiger partial charge < -0.3 is 56.3 Å². The van der Waals surface area contributed by atoms with Crippen LogP contribution < -0.4 is 27.9 Å². The third kappa shape index (κ3) is 18.7. The van der Waals surface area contributed by atoms with Gasteiger partial charge in [-0.1, -0.05) is 124 Å². The van der Waals surface area contributed by atoms with Crippen LogP contribution in [0.4, 0.5) is 0 Å². The van der Waals surface area contributed by atoms with Crippen molar-refractivity contribution in [1.29, 1.82) is 0 Å². The normalized spacial score (nSPS) is 24.9. The Balaban J connectivity index is 0.876. The number of amides is 2. The van der Waals surface area contributed by atoms with Gasteiger partial charge in [-0.15, -0.1) is 0 Å². The topological polar surface area (TPSA) is 243 Å². The van der Waals surface area contributed by atoms with Gasteiger partial charge >= 0.3 is 5.97 Å². The number of carbonyl (C=O) groups is 3. The maximum atomic E-state index is 14.3. The van der Waals surface area contributed by atoms with Gasteiger partial charge in [0.2, 0.25) is 5.91 Å². The molecule has 6 aliphatic rings. The van der Waals surface area contributed by atoms with Crippen LogP contribution in [0.3, 0.4) is 0 Å². The van der Waals surface area contributed by atoms with E-state index in [1.807, 2.05) is 0 Å². The fourth-order valence-corrected chi connectivity index (χ4v) is 17.5. The summed E-state index contributed by atoms with van der Waals surface area (Å²) in [5.74, 6) is 1.79. The Morgan fingerprint density at radius 1 is 0.692 bits per heavy atom. The summed E-state index contributed by atoms with van der Waals surface area (Å²) in [6.45, 7) is 15.9. The lowest BCUT2D eigenvalue weighted by Crippen LogP contribution is -2.63. The minimum absolute atomic E-state index is 0.00511. The highest BCUT2D eigenvalue weighted by atomic mass is 16.5. The van der Waals surface area contributed by atoms with Crippen LogP contribution in [0.1, 0.15) is 241 Å². The van der Waals surface area contributed by atoms with Crippen molar-refractivity contribution in [3.05, 3.63) is 75.9 Å². The van der Waals surface area contributed by atoms with E-state index < -0.39 is 11.9 Å². The van der Waals surface area contributed by atoms with Crippen LogP contribution in [-0.2, 0) is 19.0 Å². The maximum Gasteiger partial charge on any atom is 0.336 e. The van der Waals surface area contributed by atoms with Gasteiger partial charge in [-0.25, -0.2) is 4.79 Å². The van der Waals surface area contributed by atoms with E-state index in [0.717, 1.165) is 96.7 Å². The Morgan fingerprint density at radius 2 is 1.34 bits per heavy atom. The first kappa shape index (κ1) is 71.9. The first-order valence-electron chi connectivity index (χ1n) is 36.2. The molecule has 2 amide bonds. The number of nitrogens with one attached hydrogen (secondary N) is 1. The molecular formula is C76H117N5O10. The van der Waals surface area contributed by atoms with Crippen molar-refractivity contribution in [2.75, 3.05) is 59.1 Å². The highest BCUT2D eigenvalue weighted by molar-refractivity contribution is 6.09. The van der Waals surface area contributed by atoms with Crippen LogP contribution >= 0.6 is 0 Å². The lowest BCUT2D eigenvalue weighted by molar-refractivity contribution is -0.227. The molecule has 4 saturated carbocycles. The predicted molar refractivity (Wildman–Crippen MR) is 365 cm³/mol. The number of hydrogen-bond donors (Lipinski definition) is 6. The first-order chi connectivity index (χ1) is 44.2. The molecule has 15 heteroatoms. The molecule has 0 aromatic heterocycles. The van der Waals surface area contributed by atoms with Gasteiger partial charge in [0, 0.05) is 85.5 Å². The van der Waals surface area contributed by atoms with Crippen LogP contribution in [0, 0.1) is 46.3 Å². The monoisotopic (exact) mass is 1260 g/mol. The number of aromatic hydroxyl groups is 1. The number of carbonyl (C=O) groups excluding carboxylic acids is 2. The van der Waals surface area contributed by atoms with Crippen molar-refractivity contribution in [3.8, 4) is 28.2 Å². The summed E-state index contributed by atoms with van der Waals surface area (Å²) < 4.78 is 26.7. The molecule has 506 valence electrons. The quantitative estimate of drug-likeness (QED) is 0.0179. The molecule has 2 unspecified atom stereocenters. The van der Waals surface area contributed by atoms with E-state index in [1.165, 1.54) is 127 Å². The number of phenols is 1. The molecule has 15 nitrogen and oxygen atoms in total. The van der Waals surface area contributed by atoms with Crippen molar-refractivity contribution in [3.63, 3.8) is 0 Å². The summed E-state index contributed by atoms with van der Waals surface area (Å²) in [6, 6.07) is 13.5. The van der Waals surface area contributed by atoms with Crippen LogP contribution in [0.25, 0.3) is 33.4 Å². The summed E-state index contributed by atoms with van der Waals surface area (Å²) in [4.78, 5) is 55.3. The lowest BCUT2D eigenvalue weighted by atomic mass is 9.43. The second kappa shape index (κ2) is 36.1. The third-order valence-electron chi connectivity index (χ3n) is 22.5. The van der Waals surface area contributed by atoms with Crippen LogP contribution in [-0.4, -0.2) is 110 Å². The van der Waals surface area contributed by atoms with Gasteiger partial charge in [-0.05, 0) is 199 Å². The maximum absolute atomic E-state index is 14.3. The molecule has 2 aromatic carbocycles. The smallest absolute Gasteiger partial charge is 0.336 e. The number of nitrogens with zero attached hydrogens (tertiary/aromatic N) is 1. The third-order valence-corrected chi connectivity index (χ3v) is 22.5. The molecule has 0 bridgehead atoms. The Morgan fingerprint density at radius 3 is 2.03 bits per heavy atom. The number of ether oxygens (including phenoxy) is 3. The number of carboxylic acid groups (broad SMARTS) is 1. The number of hydrogen-bond acceptors (Lipinski definition) is 12. The van der Waals surface area contributed by atoms with Crippen molar-refractivity contribution >= 4 is 28.8 Å². The molecule has 91 heavy (non-hydrogen) atoms. The van der Waals surface area contributed by atoms with Crippen LogP contribution in [0.5, 0.6) is 5.75 Å². The number of nitrogens with two attached hydrogens (primary N) is 3. The number of benzene rings is 3. The molecule has 0 radical (unpaired) electrons. The first-order valence-corrected chi connectivity index (χ1v) is 36.2. The Hall–Kier alpha value is -4.90. The van der Waals surface area contributed by atoms with Crippen molar-refractivity contribution in [1.82, 2.24) is 10.2 Å². The zero-order valence-corrected chi connectivity index (χ0v) is 56.3. The summed E-state index contributed by atoms with van der Waals surface area (Å²) in [6.07, 6.45) is 33.9. The van der Waals surface area contributed by atoms with Crippen LogP contribution in [0.2, 0.25) is 0 Å². The average molecular weight is 1260 g/mol. The number of rotatable bonds is 41. The molecule has 1 heterocycles. The van der Waals surface area contributed by atoms with E-state index in [9.17, 15) is 29.4 Å². The molecule has 1 aliphatic heterocycles. The number of aromatic carboxylic acids is 1. The Kier molecular flexibility index (Phi) is 28.5. The number of carboxylic acids is 1. The molecule has 0 saturated heterocycles. The minimum atomic E-state index is -1.22. The van der Waals surface area contributed by atoms with E-state index >= 15 is 0 Å². The van der Waals surface area contributed by atoms with Gasteiger partial charge in [-0.2, -0.15) is 0 Å². The van der Waals surface area contributed by atoms with E-state index in [-0.39, 0.29) is 68.7 Å². The largest absolute Gasteiger partial charge is 0.508 e. The number of phenolic OH excluding ortho intramolecular Hbond substituents is 1. The highest BCUT2D eigenvalue weighted by Crippen LogP contribution is 2.69.